The van der Waals surface area contributed by atoms with Crippen LogP contribution in [-0.2, 0) is 22.4 Å². The molecular formula is C18H12O4. The molecule has 4 heteroatoms. The second kappa shape index (κ2) is 5.48. The topological polar surface area (TPSA) is 68.3 Å². The van der Waals surface area contributed by atoms with Crippen molar-refractivity contribution in [2.24, 2.45) is 0 Å². The molecule has 0 amide bonds. The fourth-order valence-electron chi connectivity index (χ4n) is 2.90. The summed E-state index contributed by atoms with van der Waals surface area (Å²) in [5.74, 6) is -0.537. The van der Waals surface area contributed by atoms with Gasteiger partial charge in [0, 0.05) is 35.1 Å². The Hall–Kier alpha value is -2.88. The number of hydrogen-bond donors (Lipinski definition) is 0. The molecule has 0 saturated heterocycles. The first-order valence-corrected chi connectivity index (χ1v) is 6.89. The molecule has 0 atom stereocenters. The third-order valence-electron chi connectivity index (χ3n) is 3.85. The van der Waals surface area contributed by atoms with Crippen molar-refractivity contribution in [3.63, 3.8) is 0 Å². The smallest absolute Gasteiger partial charge is 0.194 e. The SMILES string of the molecule is O=CCc1cccc2c1C(=O)c1cccc(CC=O)c1C2=O. The lowest BCUT2D eigenvalue weighted by molar-refractivity contribution is -0.108. The minimum absolute atomic E-state index is 0.0888. The van der Waals surface area contributed by atoms with Crippen molar-refractivity contribution in [3.8, 4) is 0 Å². The standard InChI is InChI=1S/C18H12O4/c19-9-7-11-3-1-5-13-15(11)18(22)14-6-2-4-12(8-10-20)16(14)17(13)21/h1-6,9-10H,7-8H2. The number of hydrogen-bond acceptors (Lipinski definition) is 4. The molecule has 0 aromatic heterocycles. The number of rotatable bonds is 4. The van der Waals surface area contributed by atoms with E-state index in [1.54, 1.807) is 36.4 Å². The number of benzene rings is 2. The van der Waals surface area contributed by atoms with Crippen LogP contribution in [0.25, 0.3) is 0 Å². The minimum Gasteiger partial charge on any atom is -0.303 e. The summed E-state index contributed by atoms with van der Waals surface area (Å²) >= 11 is 0. The first-order chi connectivity index (χ1) is 10.7. The zero-order valence-corrected chi connectivity index (χ0v) is 11.7. The molecule has 1 aliphatic carbocycles. The van der Waals surface area contributed by atoms with Crippen LogP contribution in [0.15, 0.2) is 36.4 Å². The molecule has 0 fully saturated rings. The van der Waals surface area contributed by atoms with Gasteiger partial charge in [0.1, 0.15) is 12.6 Å². The van der Waals surface area contributed by atoms with Gasteiger partial charge in [-0.2, -0.15) is 0 Å². The van der Waals surface area contributed by atoms with E-state index in [0.29, 0.717) is 46.0 Å². The van der Waals surface area contributed by atoms with Crippen LogP contribution in [0, 0.1) is 0 Å². The summed E-state index contributed by atoms with van der Waals surface area (Å²) in [6.45, 7) is 0. The van der Waals surface area contributed by atoms with Crippen molar-refractivity contribution in [3.05, 3.63) is 69.8 Å². The summed E-state index contributed by atoms with van der Waals surface area (Å²) in [6, 6.07) is 9.86. The Morgan fingerprint density at radius 1 is 0.682 bits per heavy atom. The van der Waals surface area contributed by atoms with E-state index in [1.165, 1.54) is 0 Å². The van der Waals surface area contributed by atoms with E-state index < -0.39 is 0 Å². The Bertz CT molecular complexity index is 748. The lowest BCUT2D eigenvalue weighted by Gasteiger charge is -2.21. The fourth-order valence-corrected chi connectivity index (χ4v) is 2.90. The van der Waals surface area contributed by atoms with Crippen molar-refractivity contribution in [1.82, 2.24) is 0 Å². The predicted molar refractivity (Wildman–Crippen MR) is 79.3 cm³/mol. The van der Waals surface area contributed by atoms with Gasteiger partial charge in [-0.25, -0.2) is 0 Å². The molecule has 108 valence electrons. The quantitative estimate of drug-likeness (QED) is 0.689. The van der Waals surface area contributed by atoms with Crippen LogP contribution in [0.4, 0.5) is 0 Å². The van der Waals surface area contributed by atoms with E-state index >= 15 is 0 Å². The average Bonchev–Trinajstić information content (AvgIpc) is 2.53. The van der Waals surface area contributed by atoms with Gasteiger partial charge in [0.25, 0.3) is 0 Å². The molecule has 4 nitrogen and oxygen atoms in total. The van der Waals surface area contributed by atoms with Crippen LogP contribution in [-0.4, -0.2) is 24.1 Å². The third kappa shape index (κ3) is 2.00. The van der Waals surface area contributed by atoms with E-state index in [2.05, 4.69) is 0 Å². The highest BCUT2D eigenvalue weighted by Gasteiger charge is 2.32. The molecular weight excluding hydrogens is 280 g/mol. The molecule has 0 radical (unpaired) electrons. The summed E-state index contributed by atoms with van der Waals surface area (Å²) in [6.07, 6.45) is 1.61. The van der Waals surface area contributed by atoms with Crippen LogP contribution in [0.3, 0.4) is 0 Å². The number of fused-ring (bicyclic) bond motifs is 2. The van der Waals surface area contributed by atoms with Gasteiger partial charge < -0.3 is 9.59 Å². The van der Waals surface area contributed by atoms with Crippen LogP contribution >= 0.6 is 0 Å². The summed E-state index contributed by atoms with van der Waals surface area (Å²) < 4.78 is 0. The molecule has 2 aromatic carbocycles. The first kappa shape index (κ1) is 14.1. The number of aldehydes is 2. The molecule has 0 N–H and O–H groups in total. The zero-order chi connectivity index (χ0) is 15.7. The zero-order valence-electron chi connectivity index (χ0n) is 11.7. The van der Waals surface area contributed by atoms with Gasteiger partial charge in [-0.05, 0) is 11.1 Å². The van der Waals surface area contributed by atoms with Gasteiger partial charge in [0.05, 0.1) is 0 Å². The van der Waals surface area contributed by atoms with E-state index in [0.717, 1.165) is 0 Å². The first-order valence-electron chi connectivity index (χ1n) is 6.89. The monoisotopic (exact) mass is 292 g/mol. The Morgan fingerprint density at radius 3 is 1.45 bits per heavy atom. The van der Waals surface area contributed by atoms with Gasteiger partial charge in [0.15, 0.2) is 11.6 Å². The highest BCUT2D eigenvalue weighted by Crippen LogP contribution is 2.31. The molecule has 0 saturated carbocycles. The Morgan fingerprint density at radius 2 is 1.09 bits per heavy atom. The molecule has 3 rings (SSSR count). The molecule has 22 heavy (non-hydrogen) atoms. The summed E-state index contributed by atoms with van der Waals surface area (Å²) in [7, 11) is 0. The van der Waals surface area contributed by atoms with Crippen molar-refractivity contribution in [2.45, 2.75) is 12.8 Å². The van der Waals surface area contributed by atoms with Gasteiger partial charge in [-0.3, -0.25) is 9.59 Å². The summed E-state index contributed by atoms with van der Waals surface area (Å²) in [5, 5.41) is 0. The fraction of sp³-hybridized carbons (Fsp3) is 0.111. The number of ketones is 2. The number of carbonyl (C=O) groups excluding carboxylic acids is 4. The maximum Gasteiger partial charge on any atom is 0.194 e. The van der Waals surface area contributed by atoms with Gasteiger partial charge in [-0.15, -0.1) is 0 Å². The van der Waals surface area contributed by atoms with E-state index in [9.17, 15) is 19.2 Å². The predicted octanol–water partition coefficient (Wildman–Crippen LogP) is 1.94. The average molecular weight is 292 g/mol. The molecule has 0 unspecified atom stereocenters. The summed E-state index contributed by atoms with van der Waals surface area (Å²) in [5.41, 5.74) is 2.31. The molecule has 0 bridgehead atoms. The Balaban J connectivity index is 2.27. The second-order valence-electron chi connectivity index (χ2n) is 5.08. The van der Waals surface area contributed by atoms with Crippen molar-refractivity contribution in [1.29, 1.82) is 0 Å². The maximum atomic E-state index is 12.7. The van der Waals surface area contributed by atoms with E-state index in [-0.39, 0.29) is 24.4 Å². The highest BCUT2D eigenvalue weighted by molar-refractivity contribution is 6.29. The minimum atomic E-state index is -0.269. The molecule has 0 heterocycles. The second-order valence-corrected chi connectivity index (χ2v) is 5.08. The molecule has 0 spiro atoms. The van der Waals surface area contributed by atoms with E-state index in [4.69, 9.17) is 0 Å². The van der Waals surface area contributed by atoms with Gasteiger partial charge >= 0.3 is 0 Å². The maximum absolute atomic E-state index is 12.7. The van der Waals surface area contributed by atoms with Crippen molar-refractivity contribution in [2.75, 3.05) is 0 Å². The van der Waals surface area contributed by atoms with Crippen molar-refractivity contribution < 1.29 is 19.2 Å². The third-order valence-corrected chi connectivity index (χ3v) is 3.85. The molecule has 1 aliphatic rings. The lowest BCUT2D eigenvalue weighted by atomic mass is 9.79. The molecule has 0 aliphatic heterocycles. The van der Waals surface area contributed by atoms with Gasteiger partial charge in [0.2, 0.25) is 0 Å². The van der Waals surface area contributed by atoms with Crippen molar-refractivity contribution >= 4 is 24.1 Å². The normalized spacial score (nSPS) is 12.5. The Kier molecular flexibility index (Phi) is 3.51. The largest absolute Gasteiger partial charge is 0.303 e. The summed E-state index contributed by atoms with van der Waals surface area (Å²) in [4.78, 5) is 47.1. The number of carbonyl (C=O) groups is 4. The Labute approximate surface area is 126 Å². The van der Waals surface area contributed by atoms with Crippen LogP contribution in [0.2, 0.25) is 0 Å². The van der Waals surface area contributed by atoms with E-state index in [1.807, 2.05) is 0 Å². The highest BCUT2D eigenvalue weighted by atomic mass is 16.1. The van der Waals surface area contributed by atoms with Crippen LogP contribution in [0.5, 0.6) is 0 Å². The van der Waals surface area contributed by atoms with Crippen LogP contribution < -0.4 is 0 Å². The lowest BCUT2D eigenvalue weighted by Crippen LogP contribution is -2.24. The van der Waals surface area contributed by atoms with Crippen LogP contribution in [0.1, 0.15) is 43.0 Å². The molecule has 2 aromatic rings. The van der Waals surface area contributed by atoms with Gasteiger partial charge in [-0.1, -0.05) is 36.4 Å².